The van der Waals surface area contributed by atoms with Crippen LogP contribution in [0.15, 0.2) is 18.2 Å². The second-order valence-corrected chi connectivity index (χ2v) is 4.62. The van der Waals surface area contributed by atoms with Crippen molar-refractivity contribution in [2.45, 2.75) is 39.5 Å². The van der Waals surface area contributed by atoms with Crippen LogP contribution in [0.2, 0.25) is 0 Å². The highest BCUT2D eigenvalue weighted by Crippen LogP contribution is 2.36. The van der Waals surface area contributed by atoms with E-state index in [2.05, 4.69) is 5.32 Å². The van der Waals surface area contributed by atoms with Gasteiger partial charge in [-0.2, -0.15) is 13.2 Å². The maximum Gasteiger partial charge on any atom is 0.419 e. The fourth-order valence-electron chi connectivity index (χ4n) is 1.54. The number of ether oxygens (including phenoxy) is 2. The van der Waals surface area contributed by atoms with E-state index in [1.807, 2.05) is 13.8 Å². The van der Waals surface area contributed by atoms with Crippen LogP contribution in [0.3, 0.4) is 0 Å². The minimum absolute atomic E-state index is 0.191. The average Bonchev–Trinajstić information content (AvgIpc) is 2.36. The SMILES string of the molecule is CCOCOc1ccc(CNC(C)C)cc1C(F)(F)F. The molecule has 0 spiro atoms. The lowest BCUT2D eigenvalue weighted by Crippen LogP contribution is -2.22. The van der Waals surface area contributed by atoms with Crippen molar-refractivity contribution in [1.82, 2.24) is 5.32 Å². The van der Waals surface area contributed by atoms with Crippen LogP contribution in [-0.4, -0.2) is 19.4 Å². The summed E-state index contributed by atoms with van der Waals surface area (Å²) in [5.41, 5.74) is -0.213. The highest BCUT2D eigenvalue weighted by molar-refractivity contribution is 5.39. The van der Waals surface area contributed by atoms with E-state index in [9.17, 15) is 13.2 Å². The van der Waals surface area contributed by atoms with Gasteiger partial charge in [-0.25, -0.2) is 0 Å². The van der Waals surface area contributed by atoms with E-state index >= 15 is 0 Å². The summed E-state index contributed by atoms with van der Waals surface area (Å²) in [6, 6.07) is 4.26. The van der Waals surface area contributed by atoms with Crippen LogP contribution in [-0.2, 0) is 17.5 Å². The van der Waals surface area contributed by atoms with Crippen LogP contribution in [0.4, 0.5) is 13.2 Å². The molecule has 6 heteroatoms. The normalized spacial score (nSPS) is 11.9. The second kappa shape index (κ2) is 7.50. The third kappa shape index (κ3) is 5.38. The molecule has 114 valence electrons. The van der Waals surface area contributed by atoms with E-state index in [1.165, 1.54) is 6.07 Å². The first-order chi connectivity index (χ1) is 9.34. The Morgan fingerprint density at radius 1 is 1.25 bits per heavy atom. The summed E-state index contributed by atoms with van der Waals surface area (Å²) in [5.74, 6) is -0.209. The van der Waals surface area contributed by atoms with Crippen molar-refractivity contribution in [1.29, 1.82) is 0 Å². The largest absolute Gasteiger partial charge is 0.467 e. The van der Waals surface area contributed by atoms with Crippen LogP contribution < -0.4 is 10.1 Å². The Balaban J connectivity index is 2.89. The van der Waals surface area contributed by atoms with E-state index in [-0.39, 0.29) is 18.6 Å². The summed E-state index contributed by atoms with van der Waals surface area (Å²) >= 11 is 0. The number of halogens is 3. The summed E-state index contributed by atoms with van der Waals surface area (Å²) < 4.78 is 48.9. The predicted octanol–water partition coefficient (Wildman–Crippen LogP) is 3.58. The fourth-order valence-corrected chi connectivity index (χ4v) is 1.54. The van der Waals surface area contributed by atoms with E-state index in [0.29, 0.717) is 18.7 Å². The Labute approximate surface area is 117 Å². The van der Waals surface area contributed by atoms with Gasteiger partial charge in [0.1, 0.15) is 5.75 Å². The fraction of sp³-hybridized carbons (Fsp3) is 0.571. The van der Waals surface area contributed by atoms with Crippen molar-refractivity contribution < 1.29 is 22.6 Å². The second-order valence-electron chi connectivity index (χ2n) is 4.62. The summed E-state index contributed by atoms with van der Waals surface area (Å²) in [5, 5.41) is 3.08. The zero-order chi connectivity index (χ0) is 15.2. The Kier molecular flexibility index (Phi) is 6.29. The molecule has 0 atom stereocenters. The molecule has 0 amide bonds. The molecule has 1 aromatic rings. The number of alkyl halides is 3. The first-order valence-electron chi connectivity index (χ1n) is 6.48. The van der Waals surface area contributed by atoms with Gasteiger partial charge in [-0.05, 0) is 24.6 Å². The third-order valence-electron chi connectivity index (χ3n) is 2.57. The molecule has 0 aliphatic heterocycles. The van der Waals surface area contributed by atoms with Gasteiger partial charge < -0.3 is 14.8 Å². The molecule has 1 aromatic carbocycles. The van der Waals surface area contributed by atoms with E-state index < -0.39 is 11.7 Å². The van der Waals surface area contributed by atoms with Gasteiger partial charge in [0.15, 0.2) is 6.79 Å². The Morgan fingerprint density at radius 2 is 1.95 bits per heavy atom. The number of hydrogen-bond donors (Lipinski definition) is 1. The maximum atomic E-state index is 13.0. The van der Waals surface area contributed by atoms with Crippen LogP contribution in [0, 0.1) is 0 Å². The molecule has 0 fully saturated rings. The van der Waals surface area contributed by atoms with Gasteiger partial charge in [-0.1, -0.05) is 19.9 Å². The molecule has 0 bridgehead atoms. The van der Waals surface area contributed by atoms with E-state index in [0.717, 1.165) is 6.07 Å². The molecule has 0 saturated heterocycles. The molecule has 0 heterocycles. The first-order valence-corrected chi connectivity index (χ1v) is 6.48. The molecule has 0 aliphatic rings. The maximum absolute atomic E-state index is 13.0. The first kappa shape index (κ1) is 16.8. The monoisotopic (exact) mass is 291 g/mol. The minimum Gasteiger partial charge on any atom is -0.467 e. The Morgan fingerprint density at radius 3 is 2.50 bits per heavy atom. The highest BCUT2D eigenvalue weighted by Gasteiger charge is 2.34. The third-order valence-corrected chi connectivity index (χ3v) is 2.57. The van der Waals surface area contributed by atoms with E-state index in [4.69, 9.17) is 9.47 Å². The average molecular weight is 291 g/mol. The zero-order valence-corrected chi connectivity index (χ0v) is 11.9. The Bertz CT molecular complexity index is 419. The lowest BCUT2D eigenvalue weighted by atomic mass is 10.1. The number of nitrogens with one attached hydrogen (secondary N) is 1. The van der Waals surface area contributed by atoms with Gasteiger partial charge in [0, 0.05) is 19.2 Å². The van der Waals surface area contributed by atoms with Crippen LogP contribution in [0.25, 0.3) is 0 Å². The molecule has 0 aliphatic carbocycles. The van der Waals surface area contributed by atoms with Gasteiger partial charge in [-0.15, -0.1) is 0 Å². The van der Waals surface area contributed by atoms with Crippen LogP contribution in [0.5, 0.6) is 5.75 Å². The summed E-state index contributed by atoms with van der Waals surface area (Å²) in [6.07, 6.45) is -4.45. The van der Waals surface area contributed by atoms with Crippen molar-refractivity contribution >= 4 is 0 Å². The molecule has 20 heavy (non-hydrogen) atoms. The smallest absolute Gasteiger partial charge is 0.419 e. The van der Waals surface area contributed by atoms with Crippen molar-refractivity contribution in [2.75, 3.05) is 13.4 Å². The molecule has 0 radical (unpaired) electrons. The molecule has 0 saturated carbocycles. The lowest BCUT2D eigenvalue weighted by Gasteiger charge is -2.16. The van der Waals surface area contributed by atoms with Gasteiger partial charge in [-0.3, -0.25) is 0 Å². The predicted molar refractivity (Wildman–Crippen MR) is 70.5 cm³/mol. The number of rotatable bonds is 7. The van der Waals surface area contributed by atoms with Crippen molar-refractivity contribution in [3.8, 4) is 5.75 Å². The zero-order valence-electron chi connectivity index (χ0n) is 11.9. The molecular weight excluding hydrogens is 271 g/mol. The molecule has 3 nitrogen and oxygen atoms in total. The standard InChI is InChI=1S/C14H20F3NO2/c1-4-19-9-20-13-6-5-11(8-18-10(2)3)7-12(13)14(15,16)17/h5-7,10,18H,4,8-9H2,1-3H3. The number of benzene rings is 1. The summed E-state index contributed by atoms with van der Waals surface area (Å²) in [4.78, 5) is 0. The van der Waals surface area contributed by atoms with Gasteiger partial charge >= 0.3 is 6.18 Å². The van der Waals surface area contributed by atoms with Crippen molar-refractivity contribution in [3.63, 3.8) is 0 Å². The van der Waals surface area contributed by atoms with E-state index in [1.54, 1.807) is 13.0 Å². The van der Waals surface area contributed by atoms with Gasteiger partial charge in [0.05, 0.1) is 5.56 Å². The molecule has 1 rings (SSSR count). The Hall–Kier alpha value is -1.27. The lowest BCUT2D eigenvalue weighted by molar-refractivity contribution is -0.139. The quantitative estimate of drug-likeness (QED) is 0.615. The molecule has 1 N–H and O–H groups in total. The summed E-state index contributed by atoms with van der Waals surface area (Å²) in [7, 11) is 0. The van der Waals surface area contributed by atoms with Gasteiger partial charge in [0.2, 0.25) is 0 Å². The van der Waals surface area contributed by atoms with Crippen LogP contribution in [0.1, 0.15) is 31.9 Å². The van der Waals surface area contributed by atoms with Crippen LogP contribution >= 0.6 is 0 Å². The van der Waals surface area contributed by atoms with Gasteiger partial charge in [0.25, 0.3) is 0 Å². The van der Waals surface area contributed by atoms with Crippen molar-refractivity contribution in [2.24, 2.45) is 0 Å². The summed E-state index contributed by atoms with van der Waals surface area (Å²) in [6.45, 7) is 6.19. The molecule has 0 unspecified atom stereocenters. The number of hydrogen-bond acceptors (Lipinski definition) is 3. The highest BCUT2D eigenvalue weighted by atomic mass is 19.4. The van der Waals surface area contributed by atoms with Crippen molar-refractivity contribution in [3.05, 3.63) is 29.3 Å². The molecule has 0 aromatic heterocycles. The topological polar surface area (TPSA) is 30.5 Å². The molecular formula is C14H20F3NO2. The minimum atomic E-state index is -4.45.